The molecule has 4 aliphatic heterocycles. The van der Waals surface area contributed by atoms with Crippen molar-refractivity contribution in [2.75, 3.05) is 23.7 Å². The molecule has 14 nitrogen and oxygen atoms in total. The molecule has 3 aromatic rings. The number of anilines is 1. The second-order valence-corrected chi connectivity index (χ2v) is 19.9. The summed E-state index contributed by atoms with van der Waals surface area (Å²) in [6, 6.07) is 18.0. The topological polar surface area (TPSA) is 194 Å². The van der Waals surface area contributed by atoms with Gasteiger partial charge in [0.15, 0.2) is 5.71 Å². The van der Waals surface area contributed by atoms with E-state index in [4.69, 9.17) is 9.57 Å². The summed E-state index contributed by atoms with van der Waals surface area (Å²) in [5.74, 6) is -1.30. The first-order valence-corrected chi connectivity index (χ1v) is 24.1. The van der Waals surface area contributed by atoms with Gasteiger partial charge in [0, 0.05) is 84.1 Å². The van der Waals surface area contributed by atoms with Crippen LogP contribution in [0.25, 0.3) is 16.9 Å². The van der Waals surface area contributed by atoms with E-state index in [0.717, 1.165) is 40.1 Å². The summed E-state index contributed by atoms with van der Waals surface area (Å²) in [6.45, 7) is 11.3. The minimum absolute atomic E-state index is 0. The number of nitrogens with zero attached hydrogens (tertiary/aromatic N) is 3. The van der Waals surface area contributed by atoms with Gasteiger partial charge in [-0.3, -0.25) is 9.59 Å². The Labute approximate surface area is 402 Å². The van der Waals surface area contributed by atoms with E-state index in [9.17, 15) is 40.3 Å². The van der Waals surface area contributed by atoms with Crippen molar-refractivity contribution in [3.05, 3.63) is 125 Å². The Balaban J connectivity index is 0.00000700. The summed E-state index contributed by atoms with van der Waals surface area (Å²) in [7, 11) is -9.46. The van der Waals surface area contributed by atoms with Crippen molar-refractivity contribution in [2.24, 2.45) is 0 Å². The third-order valence-electron chi connectivity index (χ3n) is 12.1. The minimum Gasteiger partial charge on any atom is -0.748 e. The zero-order chi connectivity index (χ0) is 46.2. The van der Waals surface area contributed by atoms with E-state index in [-0.39, 0.29) is 80.2 Å². The van der Waals surface area contributed by atoms with Crippen LogP contribution in [0.2, 0.25) is 0 Å². The van der Waals surface area contributed by atoms with Gasteiger partial charge in [0.05, 0.1) is 26.0 Å². The van der Waals surface area contributed by atoms with E-state index < -0.39 is 54.1 Å². The maximum Gasteiger partial charge on any atom is 1.00 e. The van der Waals surface area contributed by atoms with Crippen molar-refractivity contribution in [3.8, 4) is 5.75 Å². The number of hydrogen-bond acceptors (Lipinski definition) is 12. The molecule has 336 valence electrons. The number of imide groups is 1. The monoisotopic (exact) mass is 931 g/mol. The fourth-order valence-electron chi connectivity index (χ4n) is 9.09. The Bertz CT molecular complexity index is 2830. The molecule has 65 heavy (non-hydrogen) atoms. The van der Waals surface area contributed by atoms with Gasteiger partial charge in [-0.2, -0.15) is 4.58 Å². The van der Waals surface area contributed by atoms with Crippen LogP contribution in [0.5, 0.6) is 5.75 Å². The van der Waals surface area contributed by atoms with E-state index in [1.807, 2.05) is 61.6 Å². The normalized spacial score (nSPS) is 19.8. The number of amides is 2. The van der Waals surface area contributed by atoms with Crippen molar-refractivity contribution < 1.29 is 84.0 Å². The minimum atomic E-state index is -4.90. The quantitative estimate of drug-likeness (QED) is 0.0691. The van der Waals surface area contributed by atoms with Crippen molar-refractivity contribution in [1.29, 1.82) is 0 Å². The average molecular weight is 932 g/mol. The maximum absolute atomic E-state index is 12.8. The number of ether oxygens (including phenoxy) is 1. The van der Waals surface area contributed by atoms with Crippen molar-refractivity contribution in [3.63, 3.8) is 0 Å². The van der Waals surface area contributed by atoms with Gasteiger partial charge in [-0.1, -0.05) is 60.7 Å². The first-order valence-electron chi connectivity index (χ1n) is 21.1. The summed E-state index contributed by atoms with van der Waals surface area (Å²) < 4.78 is 80.1. The molecule has 1 unspecified atom stereocenters. The molecular weight excluding hydrogens is 882 g/mol. The van der Waals surface area contributed by atoms with Gasteiger partial charge < -0.3 is 23.6 Å². The molecule has 0 aromatic heterocycles. The van der Waals surface area contributed by atoms with Crippen LogP contribution in [0.4, 0.5) is 11.4 Å². The third kappa shape index (κ3) is 10.7. The predicted octanol–water partition coefficient (Wildman–Crippen LogP) is 4.32. The molecule has 1 fully saturated rings. The molecule has 0 aliphatic carbocycles. The Morgan fingerprint density at radius 3 is 2.29 bits per heavy atom. The van der Waals surface area contributed by atoms with E-state index >= 15 is 0 Å². The van der Waals surface area contributed by atoms with Gasteiger partial charge in [-0.05, 0) is 82.9 Å². The van der Waals surface area contributed by atoms with Crippen LogP contribution in [-0.4, -0.2) is 83.5 Å². The van der Waals surface area contributed by atoms with Gasteiger partial charge in [0.2, 0.25) is 5.69 Å². The number of rotatable bonds is 15. The van der Waals surface area contributed by atoms with E-state index in [0.29, 0.717) is 33.5 Å². The smallest absolute Gasteiger partial charge is 0.748 e. The Kier molecular flexibility index (Phi) is 14.8. The largest absolute Gasteiger partial charge is 1.00 e. The van der Waals surface area contributed by atoms with Crippen LogP contribution in [-0.2, 0) is 44.9 Å². The number of hydrogen-bond donors (Lipinski definition) is 0. The molecule has 1 saturated heterocycles. The van der Waals surface area contributed by atoms with Crippen molar-refractivity contribution in [2.45, 2.75) is 89.0 Å². The van der Waals surface area contributed by atoms with Crippen LogP contribution >= 0.6 is 0 Å². The number of hydroxylamine groups is 2. The first kappa shape index (κ1) is 49.5. The summed E-state index contributed by atoms with van der Waals surface area (Å²) in [5.41, 5.74) is 6.32. The first-order chi connectivity index (χ1) is 30.2. The molecule has 0 N–H and O–H groups in total. The number of benzene rings is 3. The molecular formula is C48H50N3NaO11S2. The van der Waals surface area contributed by atoms with Crippen LogP contribution in [0.1, 0.15) is 95.4 Å². The number of carbonyl (C=O) groups excluding carboxylic acids is 3. The van der Waals surface area contributed by atoms with Gasteiger partial charge in [0.25, 0.3) is 11.8 Å². The third-order valence-corrected chi connectivity index (χ3v) is 13.7. The van der Waals surface area contributed by atoms with Crippen LogP contribution in [0.15, 0.2) is 108 Å². The molecule has 0 bridgehead atoms. The molecule has 3 aromatic carbocycles. The molecule has 2 amide bonds. The molecule has 0 saturated carbocycles. The second kappa shape index (κ2) is 19.5. The number of fused-ring (bicyclic) bond motifs is 3. The van der Waals surface area contributed by atoms with Crippen LogP contribution < -0.4 is 39.2 Å². The summed E-state index contributed by atoms with van der Waals surface area (Å²) >= 11 is 0. The summed E-state index contributed by atoms with van der Waals surface area (Å²) in [6.07, 6.45) is 13.4. The van der Waals surface area contributed by atoms with Crippen LogP contribution in [0, 0.1) is 0 Å². The Hall–Kier alpha value is -4.94. The van der Waals surface area contributed by atoms with Gasteiger partial charge in [0.1, 0.15) is 28.2 Å². The molecule has 4 aliphatic rings. The summed E-state index contributed by atoms with van der Waals surface area (Å²) in [4.78, 5) is 43.9. The number of allylic oxidation sites excluding steroid dienone is 8. The van der Waals surface area contributed by atoms with E-state index in [2.05, 4.69) is 50.8 Å². The van der Waals surface area contributed by atoms with Crippen molar-refractivity contribution in [1.82, 2.24) is 5.06 Å². The second-order valence-electron chi connectivity index (χ2n) is 16.9. The van der Waals surface area contributed by atoms with E-state index in [1.165, 1.54) is 18.2 Å². The molecule has 1 atom stereocenters. The van der Waals surface area contributed by atoms with E-state index in [1.54, 1.807) is 16.7 Å². The number of likely N-dealkylation sites (N-methyl/N-ethyl adjacent to an activating group) is 1. The standard InChI is InChI=1S/C48H51N3O11S2.Na/c1-6-50-40-30-42-37(29-36(40)32(2)31-47(50,3)4)34(27-41(61-42)33-15-9-7-10-16-33)17-11-8-12-18-43-48(5,24-13-19-46(54)62-51-44(52)22-23-45(51)53)38-28-35(64(58,59)60)20-21-39(38)49(43)25-14-26-63(55,56)57;/h7-12,15-18,20-21,27-31H,6,13-14,19,22-26H2,1-5H3,(H-,55,56,57,58,59,60);/q;+1/p-1. The fraction of sp³-hybridized carbons (Fsp3) is 0.333. The van der Waals surface area contributed by atoms with Gasteiger partial charge >= 0.3 is 35.5 Å². The van der Waals surface area contributed by atoms with Crippen LogP contribution in [0.3, 0.4) is 0 Å². The Morgan fingerprint density at radius 2 is 1.63 bits per heavy atom. The molecule has 7 rings (SSSR count). The fourth-order valence-corrected chi connectivity index (χ4v) is 10.1. The average Bonchev–Trinajstić information content (AvgIpc) is 3.66. The maximum atomic E-state index is 12.8. The molecule has 0 radical (unpaired) electrons. The summed E-state index contributed by atoms with van der Waals surface area (Å²) in [5, 5.41) is 0.470. The molecule has 4 heterocycles. The van der Waals surface area contributed by atoms with Crippen molar-refractivity contribution >= 4 is 72.0 Å². The van der Waals surface area contributed by atoms with Gasteiger partial charge in [-0.15, -0.1) is 5.06 Å². The SMILES string of the molecule is CCN1c2cc3c(cc2C(C)=CC1(C)C)/C(=C/C=C/C=C/C1=[N+](CCCS(=O)(=O)[O-])c2ccc(S(=O)(=O)[O-])cc2C1(C)CCCC(=O)ON1C(=O)CCC1=O)C=C(c1ccccc1)O3.[Na+]. The zero-order valence-corrected chi connectivity index (χ0v) is 41.0. The van der Waals surface area contributed by atoms with Gasteiger partial charge in [-0.25, -0.2) is 21.6 Å². The number of carbonyl (C=O) groups is 3. The predicted molar refractivity (Wildman–Crippen MR) is 240 cm³/mol. The Morgan fingerprint density at radius 1 is 0.923 bits per heavy atom. The zero-order valence-electron chi connectivity index (χ0n) is 37.3. The molecule has 0 spiro atoms. The molecule has 17 heteroatoms.